The molecule has 0 radical (unpaired) electrons. The number of H-pyrrole nitrogens is 2. The maximum atomic E-state index is 14.1. The highest BCUT2D eigenvalue weighted by molar-refractivity contribution is 7.48. The molecule has 17 N–H and O–H groups in total. The Morgan fingerprint density at radius 1 is 0.540 bits per heavy atom. The van der Waals surface area contributed by atoms with E-state index in [9.17, 15) is 77.8 Å². The summed E-state index contributed by atoms with van der Waals surface area (Å²) in [6.45, 7) is -4.39. The van der Waals surface area contributed by atoms with Gasteiger partial charge >= 0.3 is 37.4 Å². The van der Waals surface area contributed by atoms with Crippen molar-refractivity contribution in [3.63, 3.8) is 0 Å². The number of aliphatic hydroxyl groups excluding tert-OH is 5. The normalized spacial score (nSPS) is 31.6. The molecule has 11 heterocycles. The molecule has 4 saturated heterocycles. The first kappa shape index (κ1) is 62.1. The van der Waals surface area contributed by atoms with Crippen LogP contribution in [-0.2, 0) is 68.9 Å². The number of ether oxygens (including phenoxy) is 4. The monoisotopic (exact) mass is 1310 g/mol. The minimum Gasteiger partial charge on any atom is -0.387 e. The van der Waals surface area contributed by atoms with E-state index in [0.717, 1.165) is 57.6 Å². The summed E-state index contributed by atoms with van der Waals surface area (Å²) in [6.07, 6.45) is -24.1. The maximum absolute atomic E-state index is 14.1. The van der Waals surface area contributed by atoms with Gasteiger partial charge in [0.25, 0.3) is 11.1 Å². The van der Waals surface area contributed by atoms with Crippen LogP contribution in [0.4, 0.5) is 17.6 Å². The number of hydrogen-bond acceptors (Lipinski definition) is 34. The summed E-state index contributed by atoms with van der Waals surface area (Å²) in [4.78, 5) is 116. The average molecular weight is 1310 g/mol. The predicted molar refractivity (Wildman–Crippen MR) is 277 cm³/mol. The number of aliphatic hydroxyl groups is 5. The molecule has 87 heavy (non-hydrogen) atoms. The third-order valence-electron chi connectivity index (χ3n) is 13.8. The van der Waals surface area contributed by atoms with Gasteiger partial charge in [-0.1, -0.05) is 0 Å². The van der Waals surface area contributed by atoms with E-state index < -0.39 is 173 Å². The highest BCUT2D eigenvalue weighted by atomic mass is 31.2. The van der Waals surface area contributed by atoms with Crippen LogP contribution in [0.5, 0.6) is 0 Å². The Morgan fingerprint density at radius 3 is 1.43 bits per heavy atom. The topological polar surface area (TPSA) is 636 Å². The predicted octanol–water partition coefficient (Wildman–Crippen LogP) is -5.34. The fourth-order valence-corrected chi connectivity index (χ4v) is 13.0. The van der Waals surface area contributed by atoms with Crippen molar-refractivity contribution >= 4 is 82.8 Å². The molecule has 11 rings (SSSR count). The zero-order valence-corrected chi connectivity index (χ0v) is 46.9. The van der Waals surface area contributed by atoms with Gasteiger partial charge in [-0.05, 0) is 0 Å². The Kier molecular flexibility index (Phi) is 17.2. The average Bonchev–Trinajstić information content (AvgIpc) is 1.84. The first-order valence-electron chi connectivity index (χ1n) is 24.9. The lowest BCUT2D eigenvalue weighted by Gasteiger charge is -2.26. The van der Waals surface area contributed by atoms with Gasteiger partial charge in [-0.2, -0.15) is 4.98 Å². The lowest BCUT2D eigenvalue weighted by atomic mass is 10.1. The Morgan fingerprint density at radius 2 is 0.954 bits per heavy atom. The van der Waals surface area contributed by atoms with Crippen molar-refractivity contribution in [2.45, 2.75) is 98.2 Å². The molecule has 20 atom stereocenters. The highest BCUT2D eigenvalue weighted by Crippen LogP contribution is 2.54. The van der Waals surface area contributed by atoms with Gasteiger partial charge in [-0.3, -0.25) is 65.0 Å². The van der Waals surface area contributed by atoms with Crippen LogP contribution in [0, 0.1) is 0 Å². The number of anilines is 3. The minimum atomic E-state index is -5.76. The number of nitrogens with one attached hydrogen (secondary N) is 2. The Hall–Kier alpha value is -6.48. The molecule has 4 unspecified atom stereocenters. The van der Waals surface area contributed by atoms with E-state index in [0.29, 0.717) is 4.57 Å². The van der Waals surface area contributed by atoms with Crippen LogP contribution in [0.2, 0.25) is 0 Å². The van der Waals surface area contributed by atoms with E-state index >= 15 is 0 Å². The number of hydrogen-bond donors (Lipinski definition) is 14. The van der Waals surface area contributed by atoms with E-state index in [4.69, 9.17) is 67.8 Å². The highest BCUT2D eigenvalue weighted by Gasteiger charge is 2.55. The SMILES string of the molecule is Nc1nc2c(ncn2[C@@H]2O[C@H](COP(=O)(O)O[C@H]3[C@@H](O)[C@H](n4ccc(=O)[nH]c4=O)O[C@@H]3COP(=O)(O)O[C@H]3[C@@H](O)[C@H](n4cnc5c(N)ncnc54)O[C@@H]3COP(=O)(O)O[C@H]3[C@@H](O)[C@H](n4cnc5c(N)ncnc54)O[C@@H]3CO[P+](=O)O)[C@@H](O)[C@H]2O)c(=O)[nH]1. The van der Waals surface area contributed by atoms with Crippen molar-refractivity contribution in [1.29, 1.82) is 0 Å². The molecule has 7 aromatic heterocycles. The number of aromatic amines is 2. The van der Waals surface area contributed by atoms with E-state index in [1.165, 1.54) is 0 Å². The second-order valence-electron chi connectivity index (χ2n) is 19.2. The van der Waals surface area contributed by atoms with Crippen LogP contribution in [0.3, 0.4) is 0 Å². The van der Waals surface area contributed by atoms with Gasteiger partial charge in [0, 0.05) is 16.8 Å². The number of phosphoric acid groups is 3. The molecule has 4 aliphatic heterocycles. The summed E-state index contributed by atoms with van der Waals surface area (Å²) in [5.74, 6) is -0.552. The molecule has 0 amide bonds. The van der Waals surface area contributed by atoms with Crippen molar-refractivity contribution in [3.05, 3.63) is 75.1 Å². The number of phosphoric ester groups is 3. The molecular weight excluding hydrogens is 1260 g/mol. The number of nitrogen functional groups attached to an aromatic ring is 3. The minimum absolute atomic E-state index is 0.0139. The molecule has 0 aliphatic carbocycles. The molecule has 4 fully saturated rings. The molecule has 7 aromatic rings. The first-order valence-corrected chi connectivity index (χ1v) is 30.5. The third kappa shape index (κ3) is 12.5. The van der Waals surface area contributed by atoms with Crippen molar-refractivity contribution < 1.29 is 114 Å². The van der Waals surface area contributed by atoms with Gasteiger partial charge in [0.05, 0.1) is 38.8 Å². The Balaban J connectivity index is 0.808. The van der Waals surface area contributed by atoms with Gasteiger partial charge in [-0.25, -0.2) is 53.4 Å². The molecule has 0 saturated carbocycles. The molecule has 0 spiro atoms. The van der Waals surface area contributed by atoms with Crippen molar-refractivity contribution in [2.75, 3.05) is 43.6 Å². The molecule has 4 aliphatic rings. The van der Waals surface area contributed by atoms with E-state index in [2.05, 4.69) is 44.9 Å². The molecule has 0 bridgehead atoms. The smallest absolute Gasteiger partial charge is 0.387 e. The summed E-state index contributed by atoms with van der Waals surface area (Å²) in [5, 5.41) is 56.6. The second-order valence-corrected chi connectivity index (χ2v) is 24.2. The molecular formula is C39H48N17O27P4+. The van der Waals surface area contributed by atoms with Crippen molar-refractivity contribution in [1.82, 2.24) is 68.1 Å². The second kappa shape index (κ2) is 24.1. The largest absolute Gasteiger partial charge is 0.694 e. The van der Waals surface area contributed by atoms with Gasteiger partial charge in [0.2, 0.25) is 5.95 Å². The fourth-order valence-electron chi connectivity index (χ4n) is 9.80. The van der Waals surface area contributed by atoms with Crippen LogP contribution in [0.25, 0.3) is 33.5 Å². The number of rotatable bonds is 22. The van der Waals surface area contributed by atoms with Crippen molar-refractivity contribution in [2.24, 2.45) is 0 Å². The fraction of sp³-hybridized carbons (Fsp3) is 0.513. The number of aromatic nitrogens is 14. The molecule has 44 nitrogen and oxygen atoms in total. The van der Waals surface area contributed by atoms with Gasteiger partial charge in [0.15, 0.2) is 59.0 Å². The Bertz CT molecular complexity index is 4080. The number of nitrogens with two attached hydrogens (primary N) is 3. The van der Waals surface area contributed by atoms with E-state index in [1.54, 1.807) is 0 Å². The summed E-state index contributed by atoms with van der Waals surface area (Å²) < 4.78 is 117. The lowest BCUT2D eigenvalue weighted by molar-refractivity contribution is -0.0643. The van der Waals surface area contributed by atoms with Crippen LogP contribution < -0.4 is 34.0 Å². The Labute approximate surface area is 480 Å². The van der Waals surface area contributed by atoms with Gasteiger partial charge < -0.3 is 76.4 Å². The zero-order valence-electron chi connectivity index (χ0n) is 43.4. The molecule has 48 heteroatoms. The number of nitrogens with zero attached hydrogens (tertiary/aromatic N) is 12. The lowest BCUT2D eigenvalue weighted by Crippen LogP contribution is -2.39. The van der Waals surface area contributed by atoms with Crippen LogP contribution in [0.1, 0.15) is 24.9 Å². The molecule has 470 valence electrons. The summed E-state index contributed by atoms with van der Waals surface area (Å²) >= 11 is 0. The quantitative estimate of drug-likeness (QED) is 0.0282. The van der Waals surface area contributed by atoms with E-state index in [-0.39, 0.29) is 51.1 Å². The molecule has 0 aromatic carbocycles. The van der Waals surface area contributed by atoms with E-state index in [1.807, 2.05) is 4.98 Å². The summed E-state index contributed by atoms with van der Waals surface area (Å²) in [6, 6.07) is 0.824. The standard InChI is InChI=1S/C39H47N17O27P4/c40-28-17-30(45-7-43-28)54(9-47-17)36-23(61)25(13(78-36)3-73-84(65)66)81-86(69,70)76-6-15-27(24(62)37(80-15)55-10-48-18-29(41)44-8-46-31(18)55)83-87(71,72)75-5-14-26(22(60)35(79-14)53-2-1-16(57)50-39(53)64)82-85(67,68)74-4-12-20(58)21(59)34(77-12)56-11-49-19-32(56)51-38(42)52-33(19)63/h1-2,7-15,20-27,34-37,58-62H,3-6H2,(H11-,40,41,42,43,44,45,46,50,51,52,57,63,64,65,66,67,68,69,70,71,72)/p+1/t12-,13-,14-,15-,20-,21-,22-,23-,24-,25-,26-,27-,34-,35-,36-,37-/m1/s1. The van der Waals surface area contributed by atoms with Gasteiger partial charge in [-0.15, -0.1) is 9.42 Å². The maximum Gasteiger partial charge on any atom is 0.694 e. The zero-order chi connectivity index (χ0) is 62.2. The first-order chi connectivity index (χ1) is 41.2. The van der Waals surface area contributed by atoms with Crippen molar-refractivity contribution in [3.8, 4) is 0 Å². The third-order valence-corrected chi connectivity index (χ3v) is 17.1. The number of fused-ring (bicyclic) bond motifs is 3. The summed E-state index contributed by atoms with van der Waals surface area (Å²) in [5.41, 5.74) is 14.2. The summed E-state index contributed by atoms with van der Waals surface area (Å²) in [7, 11) is -20.2. The van der Waals surface area contributed by atoms with Gasteiger partial charge in [0.1, 0.15) is 104 Å². The van der Waals surface area contributed by atoms with Crippen LogP contribution in [-0.4, -0.2) is 213 Å². The van der Waals surface area contributed by atoms with Crippen LogP contribution in [0.15, 0.2) is 58.3 Å². The number of imidazole rings is 3. The van der Waals surface area contributed by atoms with Crippen LogP contribution >= 0.6 is 31.7 Å².